The highest BCUT2D eigenvalue weighted by Gasteiger charge is 2.21. The average Bonchev–Trinajstić information content (AvgIpc) is 2.44. The van der Waals surface area contributed by atoms with E-state index in [1.165, 1.54) is 0 Å². The van der Waals surface area contributed by atoms with E-state index in [-0.39, 0.29) is 17.9 Å². The fraction of sp³-hybridized carbons (Fsp3) is 0.467. The zero-order chi connectivity index (χ0) is 14.3. The Morgan fingerprint density at radius 3 is 2.53 bits per heavy atom. The summed E-state index contributed by atoms with van der Waals surface area (Å²) in [5.74, 6) is -0.120. The lowest BCUT2D eigenvalue weighted by atomic mass is 10.1. The van der Waals surface area contributed by atoms with E-state index >= 15 is 0 Å². The van der Waals surface area contributed by atoms with Crippen LogP contribution in [0.4, 0.5) is 5.69 Å². The van der Waals surface area contributed by atoms with E-state index in [1.807, 2.05) is 56.0 Å². The molecule has 0 saturated carbocycles. The third-order valence-electron chi connectivity index (χ3n) is 3.10. The maximum absolute atomic E-state index is 12.1. The molecular formula is C15H21N3O. The third kappa shape index (κ3) is 4.72. The molecule has 102 valence electrons. The quantitative estimate of drug-likeness (QED) is 0.854. The van der Waals surface area contributed by atoms with Crippen LogP contribution < -0.4 is 5.32 Å². The Kier molecular flexibility index (Phi) is 6.04. The van der Waals surface area contributed by atoms with E-state index < -0.39 is 0 Å². The molecule has 4 heteroatoms. The SMILES string of the molecule is CCN(CC(C)C#N)C(C)C(=O)Nc1ccccc1. The first-order valence-electron chi connectivity index (χ1n) is 6.58. The van der Waals surface area contributed by atoms with Gasteiger partial charge in [-0.2, -0.15) is 5.26 Å². The molecular weight excluding hydrogens is 238 g/mol. The second-order valence-corrected chi connectivity index (χ2v) is 4.65. The Morgan fingerprint density at radius 1 is 1.37 bits per heavy atom. The van der Waals surface area contributed by atoms with E-state index in [0.717, 1.165) is 12.2 Å². The van der Waals surface area contributed by atoms with Gasteiger partial charge in [0.15, 0.2) is 0 Å². The number of amides is 1. The second kappa shape index (κ2) is 7.55. The van der Waals surface area contributed by atoms with Gasteiger partial charge < -0.3 is 5.32 Å². The van der Waals surface area contributed by atoms with Gasteiger partial charge >= 0.3 is 0 Å². The number of para-hydroxylation sites is 1. The van der Waals surface area contributed by atoms with E-state index in [2.05, 4.69) is 11.4 Å². The monoisotopic (exact) mass is 259 g/mol. The number of nitrogens with one attached hydrogen (secondary N) is 1. The van der Waals surface area contributed by atoms with Crippen molar-refractivity contribution in [2.24, 2.45) is 5.92 Å². The maximum Gasteiger partial charge on any atom is 0.241 e. The van der Waals surface area contributed by atoms with Crippen molar-refractivity contribution in [1.29, 1.82) is 5.26 Å². The number of likely N-dealkylation sites (N-methyl/N-ethyl adjacent to an activating group) is 1. The molecule has 1 N–H and O–H groups in total. The Bertz CT molecular complexity index is 438. The van der Waals surface area contributed by atoms with Crippen LogP contribution in [0.1, 0.15) is 20.8 Å². The summed E-state index contributed by atoms with van der Waals surface area (Å²) >= 11 is 0. The van der Waals surface area contributed by atoms with Crippen LogP contribution in [0.15, 0.2) is 30.3 Å². The molecule has 0 aliphatic heterocycles. The number of hydrogen-bond acceptors (Lipinski definition) is 3. The van der Waals surface area contributed by atoms with Gasteiger partial charge in [-0.1, -0.05) is 25.1 Å². The smallest absolute Gasteiger partial charge is 0.241 e. The molecule has 1 aromatic rings. The Morgan fingerprint density at radius 2 is 2.00 bits per heavy atom. The molecule has 0 spiro atoms. The minimum absolute atomic E-state index is 0.0433. The minimum atomic E-state index is -0.249. The van der Waals surface area contributed by atoms with Crippen molar-refractivity contribution in [3.8, 4) is 6.07 Å². The highest BCUT2D eigenvalue weighted by Crippen LogP contribution is 2.09. The highest BCUT2D eigenvalue weighted by molar-refractivity contribution is 5.94. The summed E-state index contributed by atoms with van der Waals surface area (Å²) in [7, 11) is 0. The molecule has 2 unspecified atom stereocenters. The van der Waals surface area contributed by atoms with Gasteiger partial charge in [-0.05, 0) is 32.5 Å². The van der Waals surface area contributed by atoms with Gasteiger partial charge in [0.05, 0.1) is 18.0 Å². The third-order valence-corrected chi connectivity index (χ3v) is 3.10. The molecule has 2 atom stereocenters. The number of carbonyl (C=O) groups is 1. The zero-order valence-corrected chi connectivity index (χ0v) is 11.8. The minimum Gasteiger partial charge on any atom is -0.325 e. The normalized spacial score (nSPS) is 13.6. The lowest BCUT2D eigenvalue weighted by Gasteiger charge is -2.27. The van der Waals surface area contributed by atoms with Crippen molar-refractivity contribution in [3.63, 3.8) is 0 Å². The van der Waals surface area contributed by atoms with Crippen LogP contribution in [-0.4, -0.2) is 29.9 Å². The van der Waals surface area contributed by atoms with Crippen LogP contribution in [0.2, 0.25) is 0 Å². The van der Waals surface area contributed by atoms with Gasteiger partial charge in [0.2, 0.25) is 5.91 Å². The van der Waals surface area contributed by atoms with Crippen LogP contribution in [0, 0.1) is 17.2 Å². The average molecular weight is 259 g/mol. The predicted molar refractivity (Wildman–Crippen MR) is 76.6 cm³/mol. The molecule has 0 bridgehead atoms. The molecule has 0 aromatic heterocycles. The van der Waals surface area contributed by atoms with Crippen molar-refractivity contribution >= 4 is 11.6 Å². The van der Waals surface area contributed by atoms with E-state index in [1.54, 1.807) is 0 Å². The molecule has 1 amide bonds. The number of nitrogens with zero attached hydrogens (tertiary/aromatic N) is 2. The number of nitriles is 1. The van der Waals surface area contributed by atoms with Crippen LogP contribution in [0.25, 0.3) is 0 Å². The lowest BCUT2D eigenvalue weighted by Crippen LogP contribution is -2.43. The fourth-order valence-electron chi connectivity index (χ4n) is 1.89. The van der Waals surface area contributed by atoms with Gasteiger partial charge in [-0.15, -0.1) is 0 Å². The fourth-order valence-corrected chi connectivity index (χ4v) is 1.89. The topological polar surface area (TPSA) is 56.1 Å². The lowest BCUT2D eigenvalue weighted by molar-refractivity contribution is -0.120. The molecule has 0 aliphatic carbocycles. The zero-order valence-electron chi connectivity index (χ0n) is 11.8. The van der Waals surface area contributed by atoms with Crippen LogP contribution in [0.5, 0.6) is 0 Å². The first-order chi connectivity index (χ1) is 9.08. The van der Waals surface area contributed by atoms with Crippen molar-refractivity contribution in [1.82, 2.24) is 4.90 Å². The summed E-state index contributed by atoms with van der Waals surface area (Å²) in [5.41, 5.74) is 0.795. The van der Waals surface area contributed by atoms with Gasteiger partial charge in [0, 0.05) is 12.2 Å². The predicted octanol–water partition coefficient (Wildman–Crippen LogP) is 2.50. The summed E-state index contributed by atoms with van der Waals surface area (Å²) in [4.78, 5) is 14.2. The second-order valence-electron chi connectivity index (χ2n) is 4.65. The molecule has 1 rings (SSSR count). The Hall–Kier alpha value is -1.86. The van der Waals surface area contributed by atoms with E-state index in [9.17, 15) is 4.79 Å². The van der Waals surface area contributed by atoms with Crippen LogP contribution in [0.3, 0.4) is 0 Å². The number of benzene rings is 1. The summed E-state index contributed by atoms with van der Waals surface area (Å²) in [6.07, 6.45) is 0. The molecule has 1 aromatic carbocycles. The number of rotatable bonds is 6. The van der Waals surface area contributed by atoms with Gasteiger partial charge in [-0.25, -0.2) is 0 Å². The van der Waals surface area contributed by atoms with E-state index in [0.29, 0.717) is 6.54 Å². The standard InChI is InChI=1S/C15H21N3O/c1-4-18(11-12(2)10-16)13(3)15(19)17-14-8-6-5-7-9-14/h5-9,12-13H,4,11H2,1-3H3,(H,17,19). The number of hydrogen-bond donors (Lipinski definition) is 1. The Balaban J connectivity index is 2.62. The number of anilines is 1. The molecule has 0 saturated heterocycles. The van der Waals surface area contributed by atoms with Crippen molar-refractivity contribution in [3.05, 3.63) is 30.3 Å². The summed E-state index contributed by atoms with van der Waals surface area (Å²) in [6, 6.07) is 11.3. The number of carbonyl (C=O) groups excluding carboxylic acids is 1. The van der Waals surface area contributed by atoms with Gasteiger partial charge in [-0.3, -0.25) is 9.69 Å². The molecule has 4 nitrogen and oxygen atoms in total. The molecule has 19 heavy (non-hydrogen) atoms. The Labute approximate surface area is 115 Å². The molecule has 0 radical (unpaired) electrons. The molecule has 0 fully saturated rings. The first-order valence-corrected chi connectivity index (χ1v) is 6.58. The van der Waals surface area contributed by atoms with Crippen molar-refractivity contribution in [2.45, 2.75) is 26.8 Å². The highest BCUT2D eigenvalue weighted by atomic mass is 16.2. The summed E-state index contributed by atoms with van der Waals surface area (Å²) in [6.45, 7) is 7.08. The van der Waals surface area contributed by atoms with Crippen molar-refractivity contribution in [2.75, 3.05) is 18.4 Å². The molecule has 0 heterocycles. The van der Waals surface area contributed by atoms with Crippen LogP contribution >= 0.6 is 0 Å². The summed E-state index contributed by atoms with van der Waals surface area (Å²) in [5, 5.41) is 11.7. The van der Waals surface area contributed by atoms with E-state index in [4.69, 9.17) is 5.26 Å². The maximum atomic E-state index is 12.1. The molecule has 0 aliphatic rings. The summed E-state index contributed by atoms with van der Waals surface area (Å²) < 4.78 is 0. The van der Waals surface area contributed by atoms with Crippen LogP contribution in [-0.2, 0) is 4.79 Å². The van der Waals surface area contributed by atoms with Gasteiger partial charge in [0.25, 0.3) is 0 Å². The first kappa shape index (κ1) is 15.2. The van der Waals surface area contributed by atoms with Crippen molar-refractivity contribution < 1.29 is 4.79 Å². The largest absolute Gasteiger partial charge is 0.325 e. The van der Waals surface area contributed by atoms with Gasteiger partial charge in [0.1, 0.15) is 0 Å².